The second-order valence-corrected chi connectivity index (χ2v) is 4.71. The molecule has 0 saturated carbocycles. The molecule has 0 unspecified atom stereocenters. The number of carbonyl (C=O) groups is 2. The summed E-state index contributed by atoms with van der Waals surface area (Å²) in [6.45, 7) is 2.30. The average Bonchev–Trinajstić information content (AvgIpc) is 2.41. The highest BCUT2D eigenvalue weighted by atomic mass is 16.5. The molecule has 0 fully saturated rings. The van der Waals surface area contributed by atoms with Gasteiger partial charge in [-0.1, -0.05) is 0 Å². The van der Waals surface area contributed by atoms with Gasteiger partial charge in [-0.2, -0.15) is 0 Å². The number of anilines is 2. The van der Waals surface area contributed by atoms with E-state index in [9.17, 15) is 9.59 Å². The number of carbonyl (C=O) groups excluding carboxylic acids is 2. The number of hydrogen-bond acceptors (Lipinski definition) is 5. The Kier molecular flexibility index (Phi) is 5.37. The van der Waals surface area contributed by atoms with Crippen molar-refractivity contribution >= 4 is 23.3 Å². The maximum Gasteiger partial charge on any atom is 0.340 e. The number of methoxy groups -OCH3 is 1. The van der Waals surface area contributed by atoms with E-state index in [2.05, 4.69) is 5.32 Å². The molecule has 0 bridgehead atoms. The molecule has 0 spiro atoms. The van der Waals surface area contributed by atoms with Crippen molar-refractivity contribution in [1.82, 2.24) is 4.90 Å². The number of aryl methyl sites for hydroxylation is 1. The minimum atomic E-state index is -0.474. The van der Waals surface area contributed by atoms with E-state index in [0.29, 0.717) is 24.2 Å². The quantitative estimate of drug-likeness (QED) is 0.626. The van der Waals surface area contributed by atoms with Crippen molar-refractivity contribution in [2.75, 3.05) is 38.8 Å². The van der Waals surface area contributed by atoms with Crippen molar-refractivity contribution in [2.45, 2.75) is 13.3 Å². The van der Waals surface area contributed by atoms with Crippen LogP contribution in [0.3, 0.4) is 0 Å². The van der Waals surface area contributed by atoms with Gasteiger partial charge < -0.3 is 20.7 Å². The largest absolute Gasteiger partial charge is 0.465 e. The third kappa shape index (κ3) is 3.88. The molecular weight excluding hydrogens is 258 g/mol. The number of amides is 1. The van der Waals surface area contributed by atoms with Gasteiger partial charge >= 0.3 is 5.97 Å². The second-order valence-electron chi connectivity index (χ2n) is 4.71. The Morgan fingerprint density at radius 1 is 1.35 bits per heavy atom. The molecule has 0 heterocycles. The summed E-state index contributed by atoms with van der Waals surface area (Å²) in [6.07, 6.45) is 0.379. The zero-order valence-electron chi connectivity index (χ0n) is 12.3. The number of ether oxygens (including phenoxy) is 1. The first kappa shape index (κ1) is 15.8. The van der Waals surface area contributed by atoms with E-state index in [1.165, 1.54) is 12.0 Å². The van der Waals surface area contributed by atoms with Crippen LogP contribution in [0.2, 0.25) is 0 Å². The van der Waals surface area contributed by atoms with E-state index < -0.39 is 5.97 Å². The van der Waals surface area contributed by atoms with Gasteiger partial charge in [-0.25, -0.2) is 4.79 Å². The third-order valence-corrected chi connectivity index (χ3v) is 2.96. The number of hydrogen-bond donors (Lipinski definition) is 2. The molecule has 3 N–H and O–H groups in total. The summed E-state index contributed by atoms with van der Waals surface area (Å²) in [5.41, 5.74) is 8.12. The fourth-order valence-electron chi connectivity index (χ4n) is 1.72. The fourth-order valence-corrected chi connectivity index (χ4v) is 1.72. The highest BCUT2D eigenvalue weighted by Crippen LogP contribution is 2.23. The molecule has 6 heteroatoms. The molecule has 0 aromatic heterocycles. The lowest BCUT2D eigenvalue weighted by Crippen LogP contribution is -2.24. The van der Waals surface area contributed by atoms with E-state index in [4.69, 9.17) is 10.5 Å². The Hall–Kier alpha value is -2.24. The SMILES string of the molecule is COC(=O)c1cc(NCCC(=O)N(C)C)cc(C)c1N. The third-order valence-electron chi connectivity index (χ3n) is 2.96. The van der Waals surface area contributed by atoms with Crippen molar-refractivity contribution in [3.05, 3.63) is 23.3 Å². The standard InChI is InChI=1S/C14H21N3O3/c1-9-7-10(16-6-5-12(18)17(2)3)8-11(13(9)15)14(19)20-4/h7-8,16H,5-6,15H2,1-4H3. The number of nitrogens with two attached hydrogens (primary N) is 1. The normalized spacial score (nSPS) is 10.0. The Bertz CT molecular complexity index is 513. The molecule has 1 rings (SSSR count). The summed E-state index contributed by atoms with van der Waals surface area (Å²) < 4.78 is 4.69. The molecule has 0 atom stereocenters. The van der Waals surface area contributed by atoms with Crippen LogP contribution in [-0.4, -0.2) is 44.5 Å². The van der Waals surface area contributed by atoms with Crippen molar-refractivity contribution in [2.24, 2.45) is 0 Å². The number of rotatable bonds is 5. The molecule has 1 aromatic carbocycles. The molecular formula is C14H21N3O3. The van der Waals surface area contributed by atoms with Crippen LogP contribution in [0.5, 0.6) is 0 Å². The number of nitrogens with zero attached hydrogens (tertiary/aromatic N) is 1. The predicted molar refractivity (Wildman–Crippen MR) is 78.7 cm³/mol. The lowest BCUT2D eigenvalue weighted by molar-refractivity contribution is -0.128. The van der Waals surface area contributed by atoms with E-state index in [0.717, 1.165) is 11.3 Å². The molecule has 1 aromatic rings. The first-order valence-corrected chi connectivity index (χ1v) is 6.29. The zero-order chi connectivity index (χ0) is 15.3. The zero-order valence-corrected chi connectivity index (χ0v) is 12.3. The number of nitrogens with one attached hydrogen (secondary N) is 1. The van der Waals surface area contributed by atoms with E-state index in [1.54, 1.807) is 20.2 Å². The first-order chi connectivity index (χ1) is 9.36. The van der Waals surface area contributed by atoms with Crippen LogP contribution in [0.4, 0.5) is 11.4 Å². The van der Waals surface area contributed by atoms with Crippen molar-refractivity contribution in [1.29, 1.82) is 0 Å². The molecule has 110 valence electrons. The second kappa shape index (κ2) is 6.79. The van der Waals surface area contributed by atoms with Gasteiger partial charge in [0.05, 0.1) is 12.7 Å². The van der Waals surface area contributed by atoms with Crippen LogP contribution in [0, 0.1) is 6.92 Å². The van der Waals surface area contributed by atoms with Crippen LogP contribution in [-0.2, 0) is 9.53 Å². The van der Waals surface area contributed by atoms with Gasteiger partial charge in [-0.3, -0.25) is 4.79 Å². The molecule has 1 amide bonds. The minimum absolute atomic E-state index is 0.0397. The highest BCUT2D eigenvalue weighted by Gasteiger charge is 2.13. The summed E-state index contributed by atoms with van der Waals surface area (Å²) >= 11 is 0. The van der Waals surface area contributed by atoms with Crippen molar-refractivity contribution in [3.63, 3.8) is 0 Å². The topological polar surface area (TPSA) is 84.7 Å². The average molecular weight is 279 g/mol. The van der Waals surface area contributed by atoms with Crippen molar-refractivity contribution in [3.8, 4) is 0 Å². The maximum atomic E-state index is 11.6. The maximum absolute atomic E-state index is 11.6. The number of nitrogen functional groups attached to an aromatic ring is 1. The number of benzene rings is 1. The smallest absolute Gasteiger partial charge is 0.340 e. The summed E-state index contributed by atoms with van der Waals surface area (Å²) in [7, 11) is 4.74. The molecule has 0 aliphatic carbocycles. The monoisotopic (exact) mass is 279 g/mol. The van der Waals surface area contributed by atoms with Gasteiger partial charge in [0.1, 0.15) is 0 Å². The highest BCUT2D eigenvalue weighted by molar-refractivity contribution is 5.97. The van der Waals surface area contributed by atoms with Crippen LogP contribution < -0.4 is 11.1 Å². The van der Waals surface area contributed by atoms with Gasteiger partial charge in [0.2, 0.25) is 5.91 Å². The van der Waals surface area contributed by atoms with E-state index >= 15 is 0 Å². The Labute approximate surface area is 118 Å². The van der Waals surface area contributed by atoms with Gasteiger partial charge in [-0.05, 0) is 24.6 Å². The minimum Gasteiger partial charge on any atom is -0.465 e. The lowest BCUT2D eigenvalue weighted by Gasteiger charge is -2.13. The van der Waals surface area contributed by atoms with E-state index in [1.807, 2.05) is 13.0 Å². The van der Waals surface area contributed by atoms with Crippen LogP contribution in [0.15, 0.2) is 12.1 Å². The van der Waals surface area contributed by atoms with E-state index in [-0.39, 0.29) is 5.91 Å². The molecule has 20 heavy (non-hydrogen) atoms. The van der Waals surface area contributed by atoms with Crippen LogP contribution >= 0.6 is 0 Å². The predicted octanol–water partition coefficient (Wildman–Crippen LogP) is 1.25. The summed E-state index contributed by atoms with van der Waals surface area (Å²) in [5.74, 6) is -0.434. The number of esters is 1. The lowest BCUT2D eigenvalue weighted by atomic mass is 10.1. The Morgan fingerprint density at radius 2 is 2.00 bits per heavy atom. The van der Waals surface area contributed by atoms with Crippen LogP contribution in [0.25, 0.3) is 0 Å². The van der Waals surface area contributed by atoms with Crippen molar-refractivity contribution < 1.29 is 14.3 Å². The molecule has 6 nitrogen and oxygen atoms in total. The van der Waals surface area contributed by atoms with Gasteiger partial charge in [-0.15, -0.1) is 0 Å². The Morgan fingerprint density at radius 3 is 2.55 bits per heavy atom. The first-order valence-electron chi connectivity index (χ1n) is 6.29. The molecule has 0 saturated heterocycles. The summed E-state index contributed by atoms with van der Waals surface area (Å²) in [5, 5.41) is 3.11. The van der Waals surface area contributed by atoms with Crippen LogP contribution in [0.1, 0.15) is 22.3 Å². The summed E-state index contributed by atoms with van der Waals surface area (Å²) in [6, 6.07) is 3.47. The molecule has 0 aliphatic rings. The van der Waals surface area contributed by atoms with Gasteiger partial charge in [0, 0.05) is 38.4 Å². The van der Waals surface area contributed by atoms with Gasteiger partial charge in [0.15, 0.2) is 0 Å². The fraction of sp³-hybridized carbons (Fsp3) is 0.429. The molecule has 0 aliphatic heterocycles. The Balaban J connectivity index is 2.79. The molecule has 0 radical (unpaired) electrons. The van der Waals surface area contributed by atoms with Gasteiger partial charge in [0.25, 0.3) is 0 Å². The summed E-state index contributed by atoms with van der Waals surface area (Å²) in [4.78, 5) is 24.6.